The first-order chi connectivity index (χ1) is 66.1. The first-order valence-electron chi connectivity index (χ1n) is 45.2. The zero-order chi connectivity index (χ0) is 101. The molecule has 1 aromatic heterocycles. The number of aromatic nitrogens is 1. The normalized spacial score (nSPS) is 24.1. The van der Waals surface area contributed by atoms with E-state index >= 15 is 51.9 Å². The van der Waals surface area contributed by atoms with Gasteiger partial charge in [-0.05, 0) is 94.6 Å². The monoisotopic (exact) mass is 1950 g/mol. The number of benzene rings is 6. The van der Waals surface area contributed by atoms with Gasteiger partial charge < -0.3 is 114 Å². The van der Waals surface area contributed by atoms with Crippen LogP contribution in [-0.2, 0) is 120 Å². The van der Waals surface area contributed by atoms with Gasteiger partial charge in [-0.25, -0.2) is 13.2 Å². The zero-order valence-corrected chi connectivity index (χ0v) is 78.0. The average molecular weight is 1950 g/mol. The molecule has 3 saturated heterocycles. The van der Waals surface area contributed by atoms with Crippen molar-refractivity contribution >= 4 is 123 Å². The number of nitrogens with zero attached hydrogens (tertiary/aromatic N) is 5. The number of aromatic hydroxyl groups is 2. The van der Waals surface area contributed by atoms with Crippen LogP contribution in [0.3, 0.4) is 0 Å². The molecule has 139 heavy (non-hydrogen) atoms. The molecule has 4 heterocycles. The number of likely N-dealkylation sites (N-methyl/N-ethyl adjacent to an activating group) is 3. The fourth-order valence-electron chi connectivity index (χ4n) is 16.9. The van der Waals surface area contributed by atoms with Crippen molar-refractivity contribution in [1.29, 1.82) is 0 Å². The molecule has 3 aliphatic rings. The molecule has 0 spiro atoms. The number of nitrogens with one attached hydrogen (secondary N) is 10. The van der Waals surface area contributed by atoms with Crippen molar-refractivity contribution in [3.8, 4) is 11.5 Å². The van der Waals surface area contributed by atoms with E-state index in [1.165, 1.54) is 76.5 Å². The van der Waals surface area contributed by atoms with Crippen LogP contribution in [0.4, 0.5) is 13.2 Å². The quantitative estimate of drug-likeness (QED) is 0.0353. The summed E-state index contributed by atoms with van der Waals surface area (Å²) in [6, 6.07) is 11.8. The van der Waals surface area contributed by atoms with Crippen molar-refractivity contribution in [2.24, 2.45) is 17.4 Å². The molecule has 15 atom stereocenters. The number of carboxylic acid groups (broad SMARTS) is 1. The van der Waals surface area contributed by atoms with E-state index in [0.29, 0.717) is 63.5 Å². The number of aliphatic hydroxyl groups is 2. The minimum Gasteiger partial charge on any atom is -0.508 e. The van der Waals surface area contributed by atoms with E-state index in [9.17, 15) is 68.3 Å². The Bertz CT molecular complexity index is 5610. The van der Waals surface area contributed by atoms with Crippen molar-refractivity contribution < 1.29 is 120 Å². The minimum absolute atomic E-state index is 0.158. The number of primary amides is 2. The molecule has 6 aromatic carbocycles. The zero-order valence-electron chi connectivity index (χ0n) is 77.2. The Morgan fingerprint density at radius 3 is 1.50 bits per heavy atom. The van der Waals surface area contributed by atoms with E-state index < -0.39 is 309 Å². The Morgan fingerprint density at radius 2 is 0.950 bits per heavy atom. The van der Waals surface area contributed by atoms with Crippen LogP contribution in [0.1, 0.15) is 106 Å². The number of aliphatic carboxylic acids is 1. The van der Waals surface area contributed by atoms with Crippen LogP contribution in [-0.4, -0.2) is 299 Å². The lowest BCUT2D eigenvalue weighted by atomic mass is 9.98. The van der Waals surface area contributed by atoms with Gasteiger partial charge in [-0.1, -0.05) is 137 Å². The summed E-state index contributed by atoms with van der Waals surface area (Å²) >= 11 is 0.580. The number of thioether (sulfide) groups is 1. The summed E-state index contributed by atoms with van der Waals surface area (Å²) < 4.78 is 45.2. The minimum atomic E-state index is -2.07. The number of phenolic OH excluding ortho intramolecular Hbond substituents is 2. The lowest BCUT2D eigenvalue weighted by Crippen LogP contribution is -2.62. The molecule has 0 bridgehead atoms. The molecule has 7 aromatic rings. The second kappa shape index (κ2) is 49.5. The highest BCUT2D eigenvalue weighted by Gasteiger charge is 2.49. The van der Waals surface area contributed by atoms with Crippen LogP contribution in [0, 0.1) is 23.4 Å². The molecule has 3 aliphatic heterocycles. The molecule has 3 fully saturated rings. The highest BCUT2D eigenvalue weighted by molar-refractivity contribution is 8.00. The Labute approximate surface area is 802 Å². The standard InChI is InChI=1S/C96H116F3N17O22S/c1-7-8-23-73-95(137)116-48-61(120)43-76(116)91(133)108-69(44-81(124)125)88(130)111-83(51(2)3)96(138)113(5)74(39-52-17-11-9-12-18-52)89(131)109-71(37-55-26-30-59(118)31-27-55)93(135)115-47-60(119)42-75(115)90(132)107-68(41-57-45-102-65-22-16-15-21-62(57)65)87(129)106-67(36-54-24-28-58(117)29-25-54)86(128)105-66(32-33-78(100)121)85(127)110-72(84(126)103-46-79(101)122)49-139-50-80(123)104-70(38-56-34-63(97)82(99)64(98)35-56)92(134)114(6)77(94(136)112(73)4)40-53-19-13-10-14-20-53/h9-22,24-31,34-35,45,51,60-61,66-77,83,102,117-120H,7-8,23,32-33,36-44,46-50H2,1-6H3,(H2,100,121)(H2,101,122)(H,103,126)(H,104,123)(H,105,128)(H,106,129)(H,107,132)(H,108,133)(H,109,131)(H,110,127)(H,111,130)(H,124,125)/t60-,61-,66-,67+,68+,69+,70-,71+,72+,73+,74-,75-,76-,77+,83+/m1/s1. The first-order valence-corrected chi connectivity index (χ1v) is 46.4. The summed E-state index contributed by atoms with van der Waals surface area (Å²) in [4.78, 5) is 260. The molecule has 10 rings (SSSR count). The molecule has 0 radical (unpaired) electrons. The SMILES string of the molecule is CCCC[C@H]1C(=O)N2C[C@H](O)C[C@@H]2C(=O)N[C@@H](CC(=O)O)C(=O)N[C@@H](C(C)C)C(=O)N(C)[C@H](Cc2ccccc2)C(=O)N[C@@H](Cc2ccc(O)cc2)C(=O)N2C[C@H](O)C[C@@H]2C(=O)N[C@@H](Cc2c[nH]c3ccccc23)C(=O)N[C@@H](Cc2ccc(O)cc2)C(=O)N[C@H](CCC(N)=O)C(=O)N[C@H](C(=O)NCC(N)=O)CSCC(=O)N[C@H](Cc2cc(F)c(F)c(F)c2)C(=O)N(C)[C@@H](Cc2ccccc2)C(=O)N1C. The number of hydrogen-bond acceptors (Lipinski definition) is 22. The fourth-order valence-corrected chi connectivity index (χ4v) is 17.7. The number of rotatable bonds is 24. The summed E-state index contributed by atoms with van der Waals surface area (Å²) in [5.74, 6) is -27.2. The number of halogens is 3. The number of amides is 16. The van der Waals surface area contributed by atoms with Gasteiger partial charge in [0.15, 0.2) is 17.5 Å². The summed E-state index contributed by atoms with van der Waals surface area (Å²) in [6.45, 7) is 2.75. The van der Waals surface area contributed by atoms with Crippen LogP contribution in [0.5, 0.6) is 11.5 Å². The second-order valence-electron chi connectivity index (χ2n) is 35.1. The molecule has 0 aliphatic carbocycles. The van der Waals surface area contributed by atoms with Gasteiger partial charge in [-0.2, -0.15) is 0 Å². The number of unbranched alkanes of at least 4 members (excludes halogenated alkanes) is 1. The molecule has 19 N–H and O–H groups in total. The number of carboxylic acids is 1. The van der Waals surface area contributed by atoms with Crippen LogP contribution in [0.2, 0.25) is 0 Å². The number of fused-ring (bicyclic) bond motifs is 3. The Balaban J connectivity index is 1.07. The molecule has 0 unspecified atom stereocenters. The molecule has 16 amide bonds. The number of carbonyl (C=O) groups is 17. The van der Waals surface area contributed by atoms with Crippen LogP contribution in [0.25, 0.3) is 10.9 Å². The largest absolute Gasteiger partial charge is 0.508 e. The number of aliphatic hydroxyl groups excluding tert-OH is 2. The van der Waals surface area contributed by atoms with Crippen LogP contribution in [0.15, 0.2) is 152 Å². The second-order valence-corrected chi connectivity index (χ2v) is 36.1. The summed E-state index contributed by atoms with van der Waals surface area (Å²) in [7, 11) is 3.57. The smallest absolute Gasteiger partial charge is 0.305 e. The van der Waals surface area contributed by atoms with Gasteiger partial charge in [0.25, 0.3) is 0 Å². The highest BCUT2D eigenvalue weighted by Crippen LogP contribution is 2.30. The Hall–Kier alpha value is -14.5. The maximum Gasteiger partial charge on any atom is 0.305 e. The summed E-state index contributed by atoms with van der Waals surface area (Å²) in [5.41, 5.74) is 13.0. The fraction of sp³-hybridized carbons (Fsp3) is 0.427. The number of aromatic amines is 1. The lowest BCUT2D eigenvalue weighted by Gasteiger charge is -2.38. The summed E-state index contributed by atoms with van der Waals surface area (Å²) in [5, 5.41) is 77.7. The van der Waals surface area contributed by atoms with E-state index in [4.69, 9.17) is 11.5 Å². The van der Waals surface area contributed by atoms with E-state index in [1.807, 2.05) is 0 Å². The predicted octanol–water partition coefficient (Wildman–Crippen LogP) is -0.0299. The van der Waals surface area contributed by atoms with Gasteiger partial charge in [0, 0.05) is 115 Å². The lowest BCUT2D eigenvalue weighted by molar-refractivity contribution is -0.152. The van der Waals surface area contributed by atoms with Gasteiger partial charge in [0.05, 0.1) is 30.9 Å². The van der Waals surface area contributed by atoms with E-state index in [-0.39, 0.29) is 42.7 Å². The summed E-state index contributed by atoms with van der Waals surface area (Å²) in [6.07, 6.45) is -7.23. The van der Waals surface area contributed by atoms with Crippen LogP contribution >= 0.6 is 11.8 Å². The van der Waals surface area contributed by atoms with Gasteiger partial charge in [0.2, 0.25) is 94.5 Å². The molecular formula is C96H116F3N17O22S. The topological polar surface area (TPSA) is 584 Å². The molecule has 0 saturated carbocycles. The molecular weight excluding hydrogens is 1830 g/mol. The average Bonchev–Trinajstić information content (AvgIpc) is 1.74. The first kappa shape index (κ1) is 107. The van der Waals surface area contributed by atoms with E-state index in [0.717, 1.165) is 31.5 Å². The maximum atomic E-state index is 15.8. The van der Waals surface area contributed by atoms with Crippen molar-refractivity contribution in [2.45, 2.75) is 201 Å². The number of carbonyl (C=O) groups excluding carboxylic acids is 16. The third-order valence-electron chi connectivity index (χ3n) is 24.4. The van der Waals surface area contributed by atoms with Crippen molar-refractivity contribution in [1.82, 2.24) is 77.3 Å². The Kier molecular flexibility index (Phi) is 37.9. The highest BCUT2D eigenvalue weighted by atomic mass is 32.2. The Morgan fingerprint density at radius 1 is 0.482 bits per heavy atom. The van der Waals surface area contributed by atoms with E-state index in [2.05, 4.69) is 52.8 Å². The number of hydrogen-bond donors (Lipinski definition) is 17. The van der Waals surface area contributed by atoms with Gasteiger partial charge in [-0.3, -0.25) is 81.5 Å². The number of para-hydroxylation sites is 1. The van der Waals surface area contributed by atoms with Gasteiger partial charge in [-0.15, -0.1) is 11.8 Å². The predicted molar refractivity (Wildman–Crippen MR) is 498 cm³/mol. The number of nitrogens with two attached hydrogens (primary N) is 2. The van der Waals surface area contributed by atoms with Gasteiger partial charge >= 0.3 is 5.97 Å². The molecule has 43 heteroatoms. The van der Waals surface area contributed by atoms with E-state index in [1.54, 1.807) is 98.0 Å². The number of phenols is 2. The van der Waals surface area contributed by atoms with Crippen molar-refractivity contribution in [3.63, 3.8) is 0 Å². The van der Waals surface area contributed by atoms with Crippen LogP contribution < -0.4 is 59.3 Å². The van der Waals surface area contributed by atoms with Gasteiger partial charge in [0.1, 0.15) is 90.0 Å². The molecule has 39 nitrogen and oxygen atoms in total. The molecule has 744 valence electrons. The van der Waals surface area contributed by atoms with Crippen molar-refractivity contribution in [3.05, 3.63) is 203 Å². The third-order valence-corrected chi connectivity index (χ3v) is 25.4. The number of H-pyrrole nitrogens is 1. The maximum absolute atomic E-state index is 15.8. The third kappa shape index (κ3) is 29.3. The van der Waals surface area contributed by atoms with Crippen molar-refractivity contribution in [2.75, 3.05) is 52.3 Å².